The predicted molar refractivity (Wildman–Crippen MR) is 17.3 cm³/mol. The highest BCUT2D eigenvalue weighted by molar-refractivity contribution is 5.62. The van der Waals surface area contributed by atoms with Crippen LogP contribution in [0.1, 0.15) is 0 Å². The second-order valence-corrected chi connectivity index (χ2v) is 0.674. The van der Waals surface area contributed by atoms with E-state index < -0.39 is 11.0 Å². The third-order valence-corrected chi connectivity index (χ3v) is 0.261. The average molecular weight is 106 g/mol. The molecule has 6 nitrogen and oxygen atoms in total. The zero-order valence-corrected chi connectivity index (χ0v) is 3.12. The molecule has 0 fully saturated rings. The fourth-order valence-electron chi connectivity index (χ4n) is 0.0408. The van der Waals surface area contributed by atoms with Gasteiger partial charge in [-0.2, -0.15) is 4.79 Å². The predicted octanol–water partition coefficient (Wildman–Crippen LogP) is -0.638. The van der Waals surface area contributed by atoms with Crippen LogP contribution in [0.4, 0.5) is 4.79 Å². The minimum atomic E-state index is -1.62. The highest BCUT2D eigenvalue weighted by Gasteiger charge is 2.07. The molecular weight excluding hydrogens is 104 g/mol. The molecule has 0 radical (unpaired) electrons. The van der Waals surface area contributed by atoms with Gasteiger partial charge < -0.3 is 10.1 Å². The van der Waals surface area contributed by atoms with Gasteiger partial charge in [0.25, 0.3) is 0 Å². The molecule has 0 rings (SSSR count). The number of carbonyl (C=O) groups excluding carboxylic acids is 1. The van der Waals surface area contributed by atoms with Crippen LogP contribution in [0.25, 0.3) is 0 Å². The topological polar surface area (TPSA) is 92.5 Å². The highest BCUT2D eigenvalue weighted by atomic mass is 16.7. The van der Waals surface area contributed by atoms with Gasteiger partial charge in [0, 0.05) is 4.92 Å². The summed E-state index contributed by atoms with van der Waals surface area (Å²) in [6.07, 6.45) is 0. The number of urea groups is 1. The molecule has 0 bridgehead atoms. The summed E-state index contributed by atoms with van der Waals surface area (Å²) in [5.74, 6) is 0. The molecule has 0 saturated heterocycles. The Hall–Kier alpha value is -1.17. The Morgan fingerprint density at radius 3 is 2.29 bits per heavy atom. The number of hydrogen-bond acceptors (Lipinski definition) is 4. The molecular formula is CH2N2O4. The quantitative estimate of drug-likeness (QED) is 0.244. The maximum atomic E-state index is 9.45. The summed E-state index contributed by atoms with van der Waals surface area (Å²) in [5.41, 5.74) is 0.826. The highest BCUT2D eigenvalue weighted by Crippen LogP contribution is 1.65. The number of hydroxylamine groups is 1. The fraction of sp³-hybridized carbons (Fsp3) is 0. The average Bonchev–Trinajstić information content (AvgIpc) is 1.65. The van der Waals surface area contributed by atoms with Crippen molar-refractivity contribution in [2.75, 3.05) is 0 Å². The van der Waals surface area contributed by atoms with Gasteiger partial charge in [-0.1, -0.05) is 5.48 Å². The van der Waals surface area contributed by atoms with Gasteiger partial charge in [0.05, 0.1) is 0 Å². The first kappa shape index (κ1) is 5.83. The largest absolute Gasteiger partial charge is 0.562 e. The zero-order valence-electron chi connectivity index (χ0n) is 3.12. The molecule has 6 heteroatoms. The number of rotatable bonds is 0. The van der Waals surface area contributed by atoms with E-state index in [2.05, 4.69) is 0 Å². The van der Waals surface area contributed by atoms with Crippen LogP contribution in [-0.4, -0.2) is 16.2 Å². The van der Waals surface area contributed by atoms with E-state index in [1.807, 2.05) is 0 Å². The Bertz CT molecular complexity index is 97.9. The van der Waals surface area contributed by atoms with Crippen molar-refractivity contribution in [3.05, 3.63) is 10.1 Å². The van der Waals surface area contributed by atoms with Crippen LogP contribution >= 0.6 is 0 Å². The summed E-state index contributed by atoms with van der Waals surface area (Å²) < 4.78 is 0. The molecule has 0 aromatic carbocycles. The summed E-state index contributed by atoms with van der Waals surface area (Å²) in [5, 5.41) is 16.6. The summed E-state index contributed by atoms with van der Waals surface area (Å²) >= 11 is 0. The van der Waals surface area contributed by atoms with Gasteiger partial charge in [-0.25, -0.2) is 5.21 Å². The minimum absolute atomic E-state index is 0.826. The summed E-state index contributed by atoms with van der Waals surface area (Å²) in [7, 11) is 0. The van der Waals surface area contributed by atoms with E-state index >= 15 is 0 Å². The zero-order chi connectivity index (χ0) is 5.86. The third kappa shape index (κ3) is 1.66. The van der Waals surface area contributed by atoms with Gasteiger partial charge in [-0.15, -0.1) is 0 Å². The standard InChI is InChI=1S/CH2N2O4/c4-1(2-5)3(6)7/h5H,(H,2,4). The summed E-state index contributed by atoms with van der Waals surface area (Å²) in [6.45, 7) is 0. The molecule has 0 saturated carbocycles. The molecule has 0 aromatic rings. The van der Waals surface area contributed by atoms with Crippen LogP contribution < -0.4 is 5.48 Å². The molecule has 0 aliphatic carbocycles. The van der Waals surface area contributed by atoms with Crippen LogP contribution in [0.2, 0.25) is 0 Å². The van der Waals surface area contributed by atoms with Crippen LogP contribution in [-0.2, 0) is 0 Å². The number of carbonyl (C=O) groups is 1. The Morgan fingerprint density at radius 1 is 1.86 bits per heavy atom. The Balaban J connectivity index is 3.58. The van der Waals surface area contributed by atoms with Crippen molar-refractivity contribution >= 4 is 6.03 Å². The second-order valence-electron chi connectivity index (χ2n) is 0.674. The SMILES string of the molecule is O=C(NO)[N+](=O)[O-]. The van der Waals surface area contributed by atoms with E-state index in [1.165, 1.54) is 0 Å². The maximum Gasteiger partial charge on any atom is 0.562 e. The van der Waals surface area contributed by atoms with Gasteiger partial charge in [0.2, 0.25) is 0 Å². The smallest absolute Gasteiger partial charge is 0.355 e. The lowest BCUT2D eigenvalue weighted by Gasteiger charge is -1.83. The number of nitrogens with one attached hydrogen (secondary N) is 1. The Labute approximate surface area is 37.9 Å². The number of amides is 2. The molecule has 0 aliphatic rings. The lowest BCUT2D eigenvalue weighted by atomic mass is 11.1. The molecule has 40 valence electrons. The van der Waals surface area contributed by atoms with Gasteiger partial charge in [0.15, 0.2) is 0 Å². The van der Waals surface area contributed by atoms with Crippen molar-refractivity contribution in [1.82, 2.24) is 5.48 Å². The molecule has 0 atom stereocenters. The molecule has 2 N–H and O–H groups in total. The van der Waals surface area contributed by atoms with Crippen molar-refractivity contribution in [3.63, 3.8) is 0 Å². The van der Waals surface area contributed by atoms with E-state index in [0.717, 1.165) is 5.48 Å². The first-order chi connectivity index (χ1) is 3.18. The van der Waals surface area contributed by atoms with Crippen LogP contribution in [0.15, 0.2) is 0 Å². The van der Waals surface area contributed by atoms with Gasteiger partial charge >= 0.3 is 6.03 Å². The monoisotopic (exact) mass is 106 g/mol. The lowest BCUT2D eigenvalue weighted by Crippen LogP contribution is -2.24. The van der Waals surface area contributed by atoms with E-state index in [4.69, 9.17) is 15.3 Å². The van der Waals surface area contributed by atoms with E-state index in [1.54, 1.807) is 0 Å². The Morgan fingerprint density at radius 2 is 2.29 bits per heavy atom. The molecule has 0 unspecified atom stereocenters. The minimum Gasteiger partial charge on any atom is -0.355 e. The van der Waals surface area contributed by atoms with Crippen molar-refractivity contribution < 1.29 is 14.9 Å². The van der Waals surface area contributed by atoms with Gasteiger partial charge in [0.1, 0.15) is 0 Å². The molecule has 7 heavy (non-hydrogen) atoms. The lowest BCUT2D eigenvalue weighted by molar-refractivity contribution is -0.380. The summed E-state index contributed by atoms with van der Waals surface area (Å²) in [6, 6.07) is -1.62. The van der Waals surface area contributed by atoms with E-state index in [0.29, 0.717) is 0 Å². The normalized spacial score (nSPS) is 7.57. The van der Waals surface area contributed by atoms with Crippen LogP contribution in [0.3, 0.4) is 0 Å². The number of nitrogens with zero attached hydrogens (tertiary/aromatic N) is 1. The van der Waals surface area contributed by atoms with Crippen LogP contribution in [0, 0.1) is 10.1 Å². The second kappa shape index (κ2) is 2.08. The molecule has 2 amide bonds. The molecule has 0 heterocycles. The van der Waals surface area contributed by atoms with E-state index in [9.17, 15) is 4.79 Å². The molecule has 0 aromatic heterocycles. The summed E-state index contributed by atoms with van der Waals surface area (Å²) in [4.78, 5) is 17.3. The first-order valence-corrected chi connectivity index (χ1v) is 1.27. The van der Waals surface area contributed by atoms with Crippen molar-refractivity contribution in [2.24, 2.45) is 0 Å². The third-order valence-electron chi connectivity index (χ3n) is 0.261. The number of nitro groups is 1. The first-order valence-electron chi connectivity index (χ1n) is 1.27. The molecule has 0 spiro atoms. The van der Waals surface area contributed by atoms with E-state index in [-0.39, 0.29) is 0 Å². The van der Waals surface area contributed by atoms with Crippen molar-refractivity contribution in [2.45, 2.75) is 0 Å². The van der Waals surface area contributed by atoms with Crippen molar-refractivity contribution in [3.8, 4) is 0 Å². The Kier molecular flexibility index (Phi) is 1.74. The van der Waals surface area contributed by atoms with Gasteiger partial charge in [-0.3, -0.25) is 0 Å². The maximum absolute atomic E-state index is 9.45. The van der Waals surface area contributed by atoms with Crippen molar-refractivity contribution in [1.29, 1.82) is 0 Å². The fourth-order valence-corrected chi connectivity index (χ4v) is 0.0408. The van der Waals surface area contributed by atoms with Gasteiger partial charge in [-0.05, 0) is 0 Å². The van der Waals surface area contributed by atoms with Crippen LogP contribution in [0.5, 0.6) is 0 Å². The number of hydrogen-bond donors (Lipinski definition) is 2. The molecule has 0 aliphatic heterocycles.